The molecule has 0 spiro atoms. The highest BCUT2D eigenvalue weighted by Crippen LogP contribution is 2.19. The molecule has 21 heavy (non-hydrogen) atoms. The largest absolute Gasteiger partial charge is 0.478 e. The summed E-state index contributed by atoms with van der Waals surface area (Å²) in [6.45, 7) is 0.0193. The molecule has 1 aliphatic carbocycles. The van der Waals surface area contributed by atoms with Crippen molar-refractivity contribution in [3.05, 3.63) is 28.0 Å². The van der Waals surface area contributed by atoms with Gasteiger partial charge in [-0.3, -0.25) is 9.59 Å². The topological polar surface area (TPSA) is 86.7 Å². The van der Waals surface area contributed by atoms with E-state index in [2.05, 4.69) is 5.32 Å². The van der Waals surface area contributed by atoms with Crippen LogP contribution in [0, 0.1) is 0 Å². The van der Waals surface area contributed by atoms with Crippen LogP contribution in [0.4, 0.5) is 0 Å². The number of likely N-dealkylation sites (N-methyl/N-ethyl adjacent to an activating group) is 1. The molecule has 1 heterocycles. The van der Waals surface area contributed by atoms with E-state index in [-0.39, 0.29) is 24.4 Å². The maximum absolute atomic E-state index is 12.1. The van der Waals surface area contributed by atoms with E-state index in [9.17, 15) is 14.4 Å². The highest BCUT2D eigenvalue weighted by molar-refractivity contribution is 7.11. The summed E-state index contributed by atoms with van der Waals surface area (Å²) < 4.78 is 0. The lowest BCUT2D eigenvalue weighted by atomic mass is 10.2. The Kier molecular flexibility index (Phi) is 4.74. The number of carboxylic acid groups (broad SMARTS) is 1. The van der Waals surface area contributed by atoms with Crippen LogP contribution in [0.15, 0.2) is 17.5 Å². The fraction of sp³-hybridized carbons (Fsp3) is 0.357. The molecule has 2 rings (SSSR count). The number of rotatable bonds is 6. The normalized spacial score (nSPS) is 14.1. The third-order valence-electron chi connectivity index (χ3n) is 2.93. The molecule has 0 radical (unpaired) electrons. The fourth-order valence-electron chi connectivity index (χ4n) is 1.71. The van der Waals surface area contributed by atoms with Gasteiger partial charge in [0.05, 0.1) is 12.1 Å². The molecule has 0 atom stereocenters. The molecule has 0 aromatic carbocycles. The predicted molar refractivity (Wildman–Crippen MR) is 79.1 cm³/mol. The van der Waals surface area contributed by atoms with Gasteiger partial charge in [-0.25, -0.2) is 4.79 Å². The summed E-state index contributed by atoms with van der Waals surface area (Å²) >= 11 is 1.28. The minimum Gasteiger partial charge on any atom is -0.478 e. The third kappa shape index (κ3) is 4.71. The zero-order valence-electron chi connectivity index (χ0n) is 11.5. The van der Waals surface area contributed by atoms with Crippen molar-refractivity contribution in [1.82, 2.24) is 10.2 Å². The second-order valence-electron chi connectivity index (χ2n) is 4.91. The summed E-state index contributed by atoms with van der Waals surface area (Å²) in [5.41, 5.74) is 0.451. The molecule has 1 aromatic heterocycles. The van der Waals surface area contributed by atoms with Crippen molar-refractivity contribution in [2.45, 2.75) is 18.9 Å². The second-order valence-corrected chi connectivity index (χ2v) is 5.86. The zero-order chi connectivity index (χ0) is 15.4. The lowest BCUT2D eigenvalue weighted by Gasteiger charge is -2.15. The molecule has 112 valence electrons. The number of nitrogens with one attached hydrogen (secondary N) is 1. The third-order valence-corrected chi connectivity index (χ3v) is 3.82. The first kappa shape index (κ1) is 15.2. The molecule has 7 heteroatoms. The van der Waals surface area contributed by atoms with Gasteiger partial charge in [-0.15, -0.1) is 11.3 Å². The molecule has 2 amide bonds. The molecular weight excluding hydrogens is 292 g/mol. The summed E-state index contributed by atoms with van der Waals surface area (Å²) in [7, 11) is 1.57. The predicted octanol–water partition coefficient (Wildman–Crippen LogP) is 1.20. The van der Waals surface area contributed by atoms with E-state index in [0.29, 0.717) is 10.4 Å². The highest BCUT2D eigenvalue weighted by atomic mass is 32.1. The van der Waals surface area contributed by atoms with Crippen LogP contribution in [0.2, 0.25) is 0 Å². The van der Waals surface area contributed by atoms with E-state index in [0.717, 1.165) is 18.9 Å². The van der Waals surface area contributed by atoms with Gasteiger partial charge in [-0.05, 0) is 25.0 Å². The van der Waals surface area contributed by atoms with Gasteiger partial charge in [-0.2, -0.15) is 0 Å². The molecule has 6 nitrogen and oxygen atoms in total. The van der Waals surface area contributed by atoms with Crippen molar-refractivity contribution in [3.63, 3.8) is 0 Å². The average Bonchev–Trinajstić information content (AvgIpc) is 3.09. The number of thiophene rings is 1. The summed E-state index contributed by atoms with van der Waals surface area (Å²) in [6.07, 6.45) is 4.47. The Morgan fingerprint density at radius 2 is 2.19 bits per heavy atom. The lowest BCUT2D eigenvalue weighted by molar-refractivity contribution is -0.131. The van der Waals surface area contributed by atoms with E-state index in [1.165, 1.54) is 22.3 Å². The number of hydrogen-bond donors (Lipinski definition) is 2. The Bertz CT molecular complexity index is 590. The van der Waals surface area contributed by atoms with Crippen molar-refractivity contribution >= 4 is 35.2 Å². The summed E-state index contributed by atoms with van der Waals surface area (Å²) in [5, 5.41) is 13.0. The van der Waals surface area contributed by atoms with Crippen molar-refractivity contribution in [1.29, 1.82) is 0 Å². The molecule has 1 saturated carbocycles. The summed E-state index contributed by atoms with van der Waals surface area (Å²) in [4.78, 5) is 36.3. The zero-order valence-corrected chi connectivity index (χ0v) is 12.4. The number of nitrogens with zero attached hydrogens (tertiary/aromatic N) is 1. The van der Waals surface area contributed by atoms with Crippen LogP contribution in [0.25, 0.3) is 6.08 Å². The van der Waals surface area contributed by atoms with Crippen LogP contribution in [-0.2, 0) is 9.59 Å². The Balaban J connectivity index is 1.92. The minimum atomic E-state index is -1.04. The number of carboxylic acids is 1. The van der Waals surface area contributed by atoms with Crippen LogP contribution in [-0.4, -0.2) is 47.4 Å². The molecule has 1 fully saturated rings. The van der Waals surface area contributed by atoms with Gasteiger partial charge >= 0.3 is 5.97 Å². The van der Waals surface area contributed by atoms with Crippen LogP contribution < -0.4 is 5.32 Å². The van der Waals surface area contributed by atoms with Crippen LogP contribution in [0.5, 0.6) is 0 Å². The standard InChI is InChI=1S/C14H16N2O4S/c1-16(7-12(17)15-10-2-3-10)14(20)9-6-11(21-8-9)4-5-13(18)19/h4-6,8,10H,2-3,7H2,1H3,(H,15,17)(H,18,19). The monoisotopic (exact) mass is 308 g/mol. The molecule has 0 saturated heterocycles. The molecule has 0 unspecified atom stereocenters. The van der Waals surface area contributed by atoms with E-state index < -0.39 is 5.97 Å². The maximum Gasteiger partial charge on any atom is 0.328 e. The highest BCUT2D eigenvalue weighted by Gasteiger charge is 2.24. The van der Waals surface area contributed by atoms with Gasteiger partial charge < -0.3 is 15.3 Å². The quantitative estimate of drug-likeness (QED) is 0.773. The number of aliphatic carboxylic acids is 1. The fourth-order valence-corrected chi connectivity index (χ4v) is 2.49. The number of carbonyl (C=O) groups excluding carboxylic acids is 2. The summed E-state index contributed by atoms with van der Waals surface area (Å²) in [6, 6.07) is 1.89. The number of carbonyl (C=O) groups is 3. The first-order valence-corrected chi connectivity index (χ1v) is 7.38. The lowest BCUT2D eigenvalue weighted by Crippen LogP contribution is -2.39. The maximum atomic E-state index is 12.1. The molecule has 0 bridgehead atoms. The van der Waals surface area contributed by atoms with Gasteiger partial charge in [0.2, 0.25) is 5.91 Å². The molecule has 1 aliphatic rings. The molecule has 0 aliphatic heterocycles. The minimum absolute atomic E-state index is 0.0193. The molecule has 2 N–H and O–H groups in total. The number of hydrogen-bond acceptors (Lipinski definition) is 4. The van der Waals surface area contributed by atoms with E-state index in [1.54, 1.807) is 18.5 Å². The summed E-state index contributed by atoms with van der Waals surface area (Å²) in [5.74, 6) is -1.45. The van der Waals surface area contributed by atoms with Crippen LogP contribution in [0.3, 0.4) is 0 Å². The van der Waals surface area contributed by atoms with E-state index in [4.69, 9.17) is 5.11 Å². The van der Waals surface area contributed by atoms with Crippen molar-refractivity contribution in [2.24, 2.45) is 0 Å². The van der Waals surface area contributed by atoms with E-state index in [1.807, 2.05) is 0 Å². The van der Waals surface area contributed by atoms with Gasteiger partial charge in [0.1, 0.15) is 0 Å². The van der Waals surface area contributed by atoms with E-state index >= 15 is 0 Å². The van der Waals surface area contributed by atoms with Crippen molar-refractivity contribution in [2.75, 3.05) is 13.6 Å². The van der Waals surface area contributed by atoms with Crippen molar-refractivity contribution in [3.8, 4) is 0 Å². The van der Waals surface area contributed by atoms with Gasteiger partial charge in [0, 0.05) is 29.4 Å². The number of amides is 2. The van der Waals surface area contributed by atoms with Gasteiger partial charge in [-0.1, -0.05) is 0 Å². The molecular formula is C14H16N2O4S. The average molecular weight is 308 g/mol. The van der Waals surface area contributed by atoms with Crippen molar-refractivity contribution < 1.29 is 19.5 Å². The van der Waals surface area contributed by atoms with Gasteiger partial charge in [0.25, 0.3) is 5.91 Å². The Labute approximate surface area is 126 Å². The first-order chi connectivity index (χ1) is 9.95. The Hall–Kier alpha value is -2.15. The van der Waals surface area contributed by atoms with Crippen LogP contribution >= 0.6 is 11.3 Å². The first-order valence-electron chi connectivity index (χ1n) is 6.50. The van der Waals surface area contributed by atoms with Gasteiger partial charge in [0.15, 0.2) is 0 Å². The Morgan fingerprint density at radius 3 is 2.81 bits per heavy atom. The second kappa shape index (κ2) is 6.53. The Morgan fingerprint density at radius 1 is 1.48 bits per heavy atom. The SMILES string of the molecule is CN(CC(=O)NC1CC1)C(=O)c1csc(C=CC(=O)O)c1. The van der Waals surface area contributed by atoms with Crippen LogP contribution in [0.1, 0.15) is 28.1 Å². The smallest absolute Gasteiger partial charge is 0.328 e. The molecule has 1 aromatic rings.